The summed E-state index contributed by atoms with van der Waals surface area (Å²) in [6, 6.07) is 7.53. The number of hydrogen-bond donors (Lipinski definition) is 2. The topological polar surface area (TPSA) is 88.8 Å². The summed E-state index contributed by atoms with van der Waals surface area (Å²) < 4.78 is 21.5. The molecule has 15 heavy (non-hydrogen) atoms. The Balaban J connectivity index is 2.23. The highest BCUT2D eigenvalue weighted by Gasteiger charge is 2.06. The van der Waals surface area contributed by atoms with Crippen molar-refractivity contribution < 1.29 is 8.42 Å². The first kappa shape index (κ1) is 10.1. The molecule has 0 aliphatic carbocycles. The predicted octanol–water partition coefficient (Wildman–Crippen LogP) is 0.394. The van der Waals surface area contributed by atoms with Gasteiger partial charge in [-0.1, -0.05) is 12.1 Å². The number of hydrogen-bond acceptors (Lipinski definition) is 3. The van der Waals surface area contributed by atoms with Crippen molar-refractivity contribution >= 4 is 21.1 Å². The molecule has 1 aromatic heterocycles. The summed E-state index contributed by atoms with van der Waals surface area (Å²) in [6.45, 7) is 0. The van der Waals surface area contributed by atoms with Gasteiger partial charge in [-0.15, -0.1) is 0 Å². The van der Waals surface area contributed by atoms with Crippen molar-refractivity contribution in [2.45, 2.75) is 6.42 Å². The second kappa shape index (κ2) is 3.63. The smallest absolute Gasteiger partial charge is 0.209 e. The van der Waals surface area contributed by atoms with E-state index in [9.17, 15) is 8.42 Å². The fraction of sp³-hybridized carbons (Fsp3) is 0.222. The molecule has 0 spiro atoms. The Morgan fingerprint density at radius 3 is 2.73 bits per heavy atom. The van der Waals surface area contributed by atoms with Gasteiger partial charge in [0.15, 0.2) is 0 Å². The lowest BCUT2D eigenvalue weighted by Crippen LogP contribution is -2.18. The largest absolute Gasteiger partial charge is 0.342 e. The Morgan fingerprint density at radius 1 is 1.33 bits per heavy atom. The summed E-state index contributed by atoms with van der Waals surface area (Å²) >= 11 is 0. The molecule has 1 aromatic carbocycles. The van der Waals surface area contributed by atoms with E-state index < -0.39 is 10.0 Å². The molecule has 0 radical (unpaired) electrons. The summed E-state index contributed by atoms with van der Waals surface area (Å²) in [7, 11) is -3.42. The molecule has 3 N–H and O–H groups in total. The van der Waals surface area contributed by atoms with Crippen LogP contribution in [0, 0.1) is 0 Å². The van der Waals surface area contributed by atoms with Crippen molar-refractivity contribution in [3.8, 4) is 0 Å². The quantitative estimate of drug-likeness (QED) is 0.792. The van der Waals surface area contributed by atoms with Crippen LogP contribution >= 0.6 is 0 Å². The van der Waals surface area contributed by atoms with E-state index in [0.717, 1.165) is 11.0 Å². The fourth-order valence-corrected chi connectivity index (χ4v) is 1.84. The van der Waals surface area contributed by atoms with Crippen molar-refractivity contribution in [2.24, 2.45) is 5.14 Å². The molecule has 0 unspecified atom stereocenters. The molecule has 2 rings (SSSR count). The number of aromatic nitrogens is 2. The Hall–Kier alpha value is -1.40. The van der Waals surface area contributed by atoms with E-state index in [1.807, 2.05) is 24.3 Å². The summed E-state index contributed by atoms with van der Waals surface area (Å²) in [5, 5.41) is 4.91. The zero-order valence-electron chi connectivity index (χ0n) is 7.97. The van der Waals surface area contributed by atoms with Crippen molar-refractivity contribution in [1.82, 2.24) is 9.97 Å². The van der Waals surface area contributed by atoms with Gasteiger partial charge in [0.2, 0.25) is 10.0 Å². The molecule has 80 valence electrons. The van der Waals surface area contributed by atoms with Crippen molar-refractivity contribution in [1.29, 1.82) is 0 Å². The molecule has 5 nitrogen and oxygen atoms in total. The van der Waals surface area contributed by atoms with Crippen LogP contribution in [0.1, 0.15) is 5.82 Å². The van der Waals surface area contributed by atoms with Gasteiger partial charge in [-0.2, -0.15) is 0 Å². The summed E-state index contributed by atoms with van der Waals surface area (Å²) in [5.74, 6) is 0.553. The number of sulfonamides is 1. The van der Waals surface area contributed by atoms with Gasteiger partial charge in [0.25, 0.3) is 0 Å². The highest BCUT2D eigenvalue weighted by atomic mass is 32.2. The lowest BCUT2D eigenvalue weighted by atomic mass is 10.3. The maximum Gasteiger partial charge on any atom is 0.209 e. The number of benzene rings is 1. The number of rotatable bonds is 3. The van der Waals surface area contributed by atoms with Gasteiger partial charge in [0.1, 0.15) is 5.82 Å². The predicted molar refractivity (Wildman–Crippen MR) is 57.8 cm³/mol. The number of aromatic amines is 1. The fourth-order valence-electron chi connectivity index (χ4n) is 1.36. The minimum Gasteiger partial charge on any atom is -0.342 e. The second-order valence-corrected chi connectivity index (χ2v) is 5.05. The van der Waals surface area contributed by atoms with Gasteiger partial charge in [0.05, 0.1) is 16.8 Å². The Morgan fingerprint density at radius 2 is 2.07 bits per heavy atom. The number of primary sulfonamides is 1. The molecule has 0 bridgehead atoms. The second-order valence-electron chi connectivity index (χ2n) is 3.32. The Kier molecular flexibility index (Phi) is 2.45. The van der Waals surface area contributed by atoms with E-state index in [0.29, 0.717) is 12.2 Å². The average molecular weight is 225 g/mol. The van der Waals surface area contributed by atoms with Crippen LogP contribution in [-0.2, 0) is 16.4 Å². The maximum atomic E-state index is 10.8. The van der Waals surface area contributed by atoms with E-state index in [4.69, 9.17) is 5.14 Å². The highest BCUT2D eigenvalue weighted by Crippen LogP contribution is 2.10. The first-order chi connectivity index (χ1) is 7.04. The first-order valence-electron chi connectivity index (χ1n) is 4.49. The maximum absolute atomic E-state index is 10.8. The number of aryl methyl sites for hydroxylation is 1. The third-order valence-corrected chi connectivity index (χ3v) is 2.83. The van der Waals surface area contributed by atoms with Gasteiger partial charge in [-0.05, 0) is 12.1 Å². The first-order valence-corrected chi connectivity index (χ1v) is 6.20. The molecule has 0 fully saturated rings. The standard InChI is InChI=1S/C9H11N3O2S/c10-15(13,14)6-5-9-11-7-3-1-2-4-8(7)12-9/h1-4H,5-6H2,(H,11,12)(H2,10,13,14). The number of para-hydroxylation sites is 2. The molecule has 0 aliphatic rings. The van der Waals surface area contributed by atoms with Crippen LogP contribution in [0.4, 0.5) is 0 Å². The molecule has 6 heteroatoms. The van der Waals surface area contributed by atoms with Gasteiger partial charge >= 0.3 is 0 Å². The third-order valence-electron chi connectivity index (χ3n) is 2.06. The average Bonchev–Trinajstić information content (AvgIpc) is 2.56. The Labute approximate surface area is 87.4 Å². The lowest BCUT2D eigenvalue weighted by molar-refractivity contribution is 0.596. The van der Waals surface area contributed by atoms with Gasteiger partial charge < -0.3 is 4.98 Å². The van der Waals surface area contributed by atoms with Gasteiger partial charge in [-0.3, -0.25) is 0 Å². The number of fused-ring (bicyclic) bond motifs is 1. The van der Waals surface area contributed by atoms with Gasteiger partial charge in [-0.25, -0.2) is 18.5 Å². The number of H-pyrrole nitrogens is 1. The van der Waals surface area contributed by atoms with E-state index in [-0.39, 0.29) is 5.75 Å². The van der Waals surface area contributed by atoms with Crippen LogP contribution in [-0.4, -0.2) is 24.1 Å². The van der Waals surface area contributed by atoms with Crippen LogP contribution < -0.4 is 5.14 Å². The zero-order valence-corrected chi connectivity index (χ0v) is 8.79. The summed E-state index contributed by atoms with van der Waals surface area (Å²) in [5.41, 5.74) is 1.74. The molecule has 0 saturated heterocycles. The summed E-state index contributed by atoms with van der Waals surface area (Å²) in [4.78, 5) is 7.28. The van der Waals surface area contributed by atoms with Crippen LogP contribution in [0.15, 0.2) is 24.3 Å². The summed E-state index contributed by atoms with van der Waals surface area (Å²) in [6.07, 6.45) is 0.313. The molecular weight excluding hydrogens is 214 g/mol. The van der Waals surface area contributed by atoms with Crippen LogP contribution in [0.3, 0.4) is 0 Å². The molecule has 0 amide bonds. The molecule has 2 aromatic rings. The van der Waals surface area contributed by atoms with E-state index >= 15 is 0 Å². The van der Waals surface area contributed by atoms with Crippen molar-refractivity contribution in [3.63, 3.8) is 0 Å². The lowest BCUT2D eigenvalue weighted by Gasteiger charge is -1.93. The molecular formula is C9H11N3O2S. The number of nitrogens with zero attached hydrogens (tertiary/aromatic N) is 1. The van der Waals surface area contributed by atoms with E-state index in [1.165, 1.54) is 0 Å². The molecule has 0 saturated carbocycles. The molecule has 0 aliphatic heterocycles. The molecule has 1 heterocycles. The van der Waals surface area contributed by atoms with E-state index in [2.05, 4.69) is 9.97 Å². The van der Waals surface area contributed by atoms with Crippen molar-refractivity contribution in [3.05, 3.63) is 30.1 Å². The monoisotopic (exact) mass is 225 g/mol. The Bertz CT molecular complexity index is 541. The van der Waals surface area contributed by atoms with Crippen LogP contribution in [0.2, 0.25) is 0 Å². The van der Waals surface area contributed by atoms with Gasteiger partial charge in [0, 0.05) is 6.42 Å². The van der Waals surface area contributed by atoms with Crippen LogP contribution in [0.5, 0.6) is 0 Å². The highest BCUT2D eigenvalue weighted by molar-refractivity contribution is 7.89. The zero-order chi connectivity index (χ0) is 10.9. The van der Waals surface area contributed by atoms with E-state index in [1.54, 1.807) is 0 Å². The number of imidazole rings is 1. The number of nitrogens with two attached hydrogens (primary N) is 1. The molecule has 0 atom stereocenters. The van der Waals surface area contributed by atoms with Crippen molar-refractivity contribution in [2.75, 3.05) is 5.75 Å². The number of nitrogens with one attached hydrogen (secondary N) is 1. The minimum absolute atomic E-state index is 0.0905. The minimum atomic E-state index is -3.42. The van der Waals surface area contributed by atoms with Crippen LogP contribution in [0.25, 0.3) is 11.0 Å². The third kappa shape index (κ3) is 2.54. The SMILES string of the molecule is NS(=O)(=O)CCc1nc2ccccc2[nH]1. The normalized spacial score (nSPS) is 12.1.